The van der Waals surface area contributed by atoms with E-state index in [1.165, 1.54) is 5.56 Å². The topological polar surface area (TPSA) is 52.0 Å². The predicted octanol–water partition coefficient (Wildman–Crippen LogP) is 1.59. The number of aromatic nitrogens is 1. The first-order valence-electron chi connectivity index (χ1n) is 6.88. The zero-order valence-corrected chi connectivity index (χ0v) is 11.8. The fourth-order valence-electron chi connectivity index (χ4n) is 2.82. The van der Waals surface area contributed by atoms with Crippen molar-refractivity contribution < 1.29 is 0 Å². The van der Waals surface area contributed by atoms with Gasteiger partial charge in [0.15, 0.2) is 0 Å². The number of rotatable bonds is 5. The van der Waals surface area contributed by atoms with Crippen LogP contribution in [-0.2, 0) is 6.42 Å². The van der Waals surface area contributed by atoms with Gasteiger partial charge in [0.25, 0.3) is 0 Å². The van der Waals surface area contributed by atoms with Crippen LogP contribution in [0.2, 0.25) is 0 Å². The minimum atomic E-state index is -0.310. The summed E-state index contributed by atoms with van der Waals surface area (Å²) < 4.78 is 0. The number of pyridine rings is 1. The van der Waals surface area contributed by atoms with Gasteiger partial charge in [-0.05, 0) is 57.5 Å². The summed E-state index contributed by atoms with van der Waals surface area (Å²) in [4.78, 5) is 6.42. The Hall–Kier alpha value is -1.44. The Morgan fingerprint density at radius 3 is 2.84 bits per heavy atom. The molecule has 19 heavy (non-hydrogen) atoms. The summed E-state index contributed by atoms with van der Waals surface area (Å²) in [5, 5.41) is 12.5. The second-order valence-corrected chi connectivity index (χ2v) is 5.43. The maximum Gasteiger partial charge on any atom is 0.108 e. The van der Waals surface area contributed by atoms with Gasteiger partial charge in [0.05, 0.1) is 6.07 Å². The number of likely N-dealkylation sites (N-methyl/N-ethyl adjacent to an activating group) is 1. The monoisotopic (exact) mass is 258 g/mol. The van der Waals surface area contributed by atoms with E-state index in [9.17, 15) is 5.26 Å². The molecule has 102 valence electrons. The van der Waals surface area contributed by atoms with Crippen LogP contribution >= 0.6 is 0 Å². The van der Waals surface area contributed by atoms with Crippen LogP contribution in [0.4, 0.5) is 0 Å². The lowest BCUT2D eigenvalue weighted by atomic mass is 10.00. The van der Waals surface area contributed by atoms with Gasteiger partial charge in [-0.3, -0.25) is 4.98 Å². The van der Waals surface area contributed by atoms with Crippen molar-refractivity contribution in [3.8, 4) is 6.07 Å². The minimum absolute atomic E-state index is 0.310. The van der Waals surface area contributed by atoms with E-state index >= 15 is 0 Å². The molecule has 0 spiro atoms. The van der Waals surface area contributed by atoms with Crippen molar-refractivity contribution in [2.24, 2.45) is 0 Å². The molecule has 2 atom stereocenters. The molecule has 1 aliphatic carbocycles. The number of hydrogen-bond donors (Lipinski definition) is 1. The van der Waals surface area contributed by atoms with Gasteiger partial charge >= 0.3 is 0 Å². The molecule has 0 radical (unpaired) electrons. The van der Waals surface area contributed by atoms with E-state index in [1.807, 2.05) is 19.4 Å². The van der Waals surface area contributed by atoms with Crippen molar-refractivity contribution in [2.75, 3.05) is 20.6 Å². The van der Waals surface area contributed by atoms with Gasteiger partial charge in [0, 0.05) is 25.0 Å². The molecule has 1 N–H and O–H groups in total. The third kappa shape index (κ3) is 3.31. The largest absolute Gasteiger partial charge is 0.303 e. The maximum atomic E-state index is 9.29. The molecular weight excluding hydrogens is 236 g/mol. The van der Waals surface area contributed by atoms with Gasteiger partial charge in [-0.25, -0.2) is 0 Å². The highest BCUT2D eigenvalue weighted by atomic mass is 15.1. The number of nitrogens with one attached hydrogen (secondary N) is 1. The maximum absolute atomic E-state index is 9.29. The molecule has 1 aliphatic rings. The van der Waals surface area contributed by atoms with Crippen molar-refractivity contribution in [2.45, 2.75) is 37.3 Å². The zero-order chi connectivity index (χ0) is 13.7. The molecule has 1 aromatic rings. The van der Waals surface area contributed by atoms with Crippen LogP contribution in [0.15, 0.2) is 24.5 Å². The standard InChI is InChI=1S/C15H22N4/c1-17-15(12-16)7-3-14(11-15)19(2)10-6-13-4-8-18-9-5-13/h4-5,8-9,14,17H,3,6-7,10-11H2,1-2H3. The van der Waals surface area contributed by atoms with Gasteiger partial charge in [-0.2, -0.15) is 5.26 Å². The molecule has 4 heteroatoms. The van der Waals surface area contributed by atoms with Crippen LogP contribution in [0.1, 0.15) is 24.8 Å². The smallest absolute Gasteiger partial charge is 0.108 e. The van der Waals surface area contributed by atoms with Crippen LogP contribution in [0.3, 0.4) is 0 Å². The zero-order valence-electron chi connectivity index (χ0n) is 11.8. The SMILES string of the molecule is CNC1(C#N)CCC(N(C)CCc2ccncc2)C1. The number of nitriles is 1. The van der Waals surface area contributed by atoms with Crippen molar-refractivity contribution in [1.29, 1.82) is 5.26 Å². The summed E-state index contributed by atoms with van der Waals surface area (Å²) in [6.07, 6.45) is 7.69. The van der Waals surface area contributed by atoms with Gasteiger partial charge in [0.2, 0.25) is 0 Å². The van der Waals surface area contributed by atoms with Crippen molar-refractivity contribution in [3.05, 3.63) is 30.1 Å². The van der Waals surface area contributed by atoms with Crippen LogP contribution in [0.5, 0.6) is 0 Å². The first-order valence-corrected chi connectivity index (χ1v) is 6.88. The fourth-order valence-corrected chi connectivity index (χ4v) is 2.82. The van der Waals surface area contributed by atoms with E-state index in [2.05, 4.69) is 40.5 Å². The Balaban J connectivity index is 1.85. The Morgan fingerprint density at radius 1 is 1.53 bits per heavy atom. The molecule has 1 saturated carbocycles. The molecule has 1 heterocycles. The summed E-state index contributed by atoms with van der Waals surface area (Å²) >= 11 is 0. The Labute approximate surface area is 115 Å². The Bertz CT molecular complexity index is 439. The summed E-state index contributed by atoms with van der Waals surface area (Å²) in [6.45, 7) is 1.03. The normalized spacial score (nSPS) is 26.5. The highest BCUT2D eigenvalue weighted by Gasteiger charge is 2.39. The summed E-state index contributed by atoms with van der Waals surface area (Å²) in [7, 11) is 4.05. The molecule has 0 aromatic carbocycles. The molecule has 1 fully saturated rings. The molecule has 0 saturated heterocycles. The van der Waals surface area contributed by atoms with Crippen molar-refractivity contribution in [3.63, 3.8) is 0 Å². The lowest BCUT2D eigenvalue weighted by Crippen LogP contribution is -2.41. The molecule has 0 bridgehead atoms. The van der Waals surface area contributed by atoms with E-state index in [0.717, 1.165) is 32.2 Å². The van der Waals surface area contributed by atoms with Crippen LogP contribution < -0.4 is 5.32 Å². The van der Waals surface area contributed by atoms with Crippen molar-refractivity contribution >= 4 is 0 Å². The molecule has 0 aliphatic heterocycles. The summed E-state index contributed by atoms with van der Waals surface area (Å²) in [5.41, 5.74) is 1.01. The first kappa shape index (κ1) is 14.0. The molecule has 4 nitrogen and oxygen atoms in total. The quantitative estimate of drug-likeness (QED) is 0.871. The Kier molecular flexibility index (Phi) is 4.52. The Morgan fingerprint density at radius 2 is 2.26 bits per heavy atom. The van der Waals surface area contributed by atoms with E-state index < -0.39 is 0 Å². The second-order valence-electron chi connectivity index (χ2n) is 5.43. The fraction of sp³-hybridized carbons (Fsp3) is 0.600. The van der Waals surface area contributed by atoms with Gasteiger partial charge in [-0.1, -0.05) is 0 Å². The van der Waals surface area contributed by atoms with E-state index in [-0.39, 0.29) is 5.54 Å². The second kappa shape index (κ2) is 6.14. The van der Waals surface area contributed by atoms with Crippen LogP contribution in [0.25, 0.3) is 0 Å². The lowest BCUT2D eigenvalue weighted by Gasteiger charge is -2.26. The molecule has 2 unspecified atom stereocenters. The average molecular weight is 258 g/mol. The van der Waals surface area contributed by atoms with Crippen LogP contribution in [0, 0.1) is 11.3 Å². The number of nitrogens with zero attached hydrogens (tertiary/aromatic N) is 3. The summed E-state index contributed by atoms with van der Waals surface area (Å²) in [6, 6.07) is 7.08. The minimum Gasteiger partial charge on any atom is -0.303 e. The highest BCUT2D eigenvalue weighted by Crippen LogP contribution is 2.31. The van der Waals surface area contributed by atoms with Gasteiger partial charge < -0.3 is 10.2 Å². The van der Waals surface area contributed by atoms with E-state index in [0.29, 0.717) is 6.04 Å². The molecule has 0 amide bonds. The van der Waals surface area contributed by atoms with E-state index in [1.54, 1.807) is 0 Å². The predicted molar refractivity (Wildman–Crippen MR) is 75.6 cm³/mol. The third-order valence-electron chi connectivity index (χ3n) is 4.31. The van der Waals surface area contributed by atoms with Crippen LogP contribution in [-0.4, -0.2) is 42.1 Å². The van der Waals surface area contributed by atoms with Gasteiger partial charge in [0.1, 0.15) is 5.54 Å². The average Bonchev–Trinajstić information content (AvgIpc) is 2.91. The van der Waals surface area contributed by atoms with E-state index in [4.69, 9.17) is 0 Å². The molecular formula is C15H22N4. The summed E-state index contributed by atoms with van der Waals surface area (Å²) in [5.74, 6) is 0. The first-order chi connectivity index (χ1) is 9.19. The highest BCUT2D eigenvalue weighted by molar-refractivity contribution is 5.13. The number of hydrogen-bond acceptors (Lipinski definition) is 4. The molecule has 1 aromatic heterocycles. The third-order valence-corrected chi connectivity index (χ3v) is 4.31. The lowest BCUT2D eigenvalue weighted by molar-refractivity contribution is 0.240. The molecule has 2 rings (SSSR count). The van der Waals surface area contributed by atoms with Gasteiger partial charge in [-0.15, -0.1) is 0 Å². The van der Waals surface area contributed by atoms with Crippen molar-refractivity contribution in [1.82, 2.24) is 15.2 Å².